The number of tetrazole rings is 1. The molecule has 0 fully saturated rings. The molecule has 2 aromatic carbocycles. The molecule has 3 rings (SSSR count). The molecule has 3 aromatic rings. The van der Waals surface area contributed by atoms with Crippen molar-refractivity contribution in [2.75, 3.05) is 17.6 Å². The lowest BCUT2D eigenvalue weighted by Crippen LogP contribution is -2.23. The second-order valence-corrected chi connectivity index (χ2v) is 6.39. The van der Waals surface area contributed by atoms with Crippen LogP contribution in [0, 0.1) is 0 Å². The fourth-order valence-corrected chi connectivity index (χ4v) is 3.10. The van der Waals surface area contributed by atoms with Gasteiger partial charge in [-0.2, -0.15) is 4.68 Å². The number of carboxylic acid groups (broad SMARTS) is 1. The molecular weight excluding hydrogens is 354 g/mol. The van der Waals surface area contributed by atoms with Gasteiger partial charge in [-0.1, -0.05) is 42.1 Å². The summed E-state index contributed by atoms with van der Waals surface area (Å²) in [5.41, 5.74) is 1.47. The molecular formula is C17H17N5O3S. The summed E-state index contributed by atoms with van der Waals surface area (Å²) in [6.07, 6.45) is -0.706. The first-order valence-electron chi connectivity index (χ1n) is 7.86. The maximum Gasteiger partial charge on any atom is 0.337 e. The summed E-state index contributed by atoms with van der Waals surface area (Å²) in [7, 11) is 0. The number of carbonyl (C=O) groups is 1. The second kappa shape index (κ2) is 8.45. The fourth-order valence-electron chi connectivity index (χ4n) is 2.28. The van der Waals surface area contributed by atoms with E-state index >= 15 is 0 Å². The molecule has 0 saturated carbocycles. The Bertz CT molecular complexity index is 872. The van der Waals surface area contributed by atoms with Gasteiger partial charge in [-0.15, -0.1) is 5.10 Å². The summed E-state index contributed by atoms with van der Waals surface area (Å²) in [6, 6.07) is 16.1. The van der Waals surface area contributed by atoms with Gasteiger partial charge in [-0.3, -0.25) is 0 Å². The minimum atomic E-state index is -1.01. The Morgan fingerprint density at radius 1 is 1.15 bits per heavy atom. The number of aliphatic hydroxyl groups is 1. The first-order valence-corrected chi connectivity index (χ1v) is 8.84. The molecule has 26 heavy (non-hydrogen) atoms. The molecule has 1 heterocycles. The van der Waals surface area contributed by atoms with Crippen LogP contribution in [0.1, 0.15) is 10.4 Å². The minimum Gasteiger partial charge on any atom is -0.478 e. The van der Waals surface area contributed by atoms with E-state index in [4.69, 9.17) is 5.11 Å². The highest BCUT2D eigenvalue weighted by Gasteiger charge is 2.14. The number of aromatic carboxylic acids is 1. The van der Waals surface area contributed by atoms with Crippen LogP contribution in [0.25, 0.3) is 5.69 Å². The lowest BCUT2D eigenvalue weighted by molar-refractivity contribution is 0.0697. The standard InChI is InChI=1S/C17H17N5O3S/c23-13(10-18-15-9-5-4-8-14(15)16(24)25)11-26-17-19-20-21-22(17)12-6-2-1-3-7-12/h1-9,13,18,23H,10-11H2,(H,24,25). The number of para-hydroxylation sites is 2. The maximum absolute atomic E-state index is 11.2. The molecule has 1 unspecified atom stereocenters. The summed E-state index contributed by atoms with van der Waals surface area (Å²) in [5, 5.41) is 34.5. The average molecular weight is 371 g/mol. The van der Waals surface area contributed by atoms with Crippen LogP contribution < -0.4 is 5.32 Å². The predicted molar refractivity (Wildman–Crippen MR) is 97.8 cm³/mol. The predicted octanol–water partition coefficient (Wildman–Crippen LogP) is 1.93. The summed E-state index contributed by atoms with van der Waals surface area (Å²) in [6.45, 7) is 0.212. The Morgan fingerprint density at radius 3 is 2.65 bits per heavy atom. The Morgan fingerprint density at radius 2 is 1.88 bits per heavy atom. The van der Waals surface area contributed by atoms with Crippen LogP contribution in [-0.4, -0.2) is 54.8 Å². The number of nitrogens with one attached hydrogen (secondary N) is 1. The third kappa shape index (κ3) is 4.38. The van der Waals surface area contributed by atoms with Gasteiger partial charge in [0.15, 0.2) is 0 Å². The number of aromatic nitrogens is 4. The second-order valence-electron chi connectivity index (χ2n) is 5.41. The molecule has 0 spiro atoms. The Hall–Kier alpha value is -2.91. The van der Waals surface area contributed by atoms with Crippen molar-refractivity contribution in [3.05, 3.63) is 60.2 Å². The molecule has 0 amide bonds. The number of hydrogen-bond acceptors (Lipinski definition) is 7. The molecule has 1 atom stereocenters. The van der Waals surface area contributed by atoms with E-state index in [9.17, 15) is 9.90 Å². The van der Waals surface area contributed by atoms with Crippen LogP contribution in [0.4, 0.5) is 5.69 Å². The van der Waals surface area contributed by atoms with Gasteiger partial charge in [0.2, 0.25) is 5.16 Å². The average Bonchev–Trinajstić information content (AvgIpc) is 3.14. The highest BCUT2D eigenvalue weighted by Crippen LogP contribution is 2.19. The van der Waals surface area contributed by atoms with Crippen LogP contribution in [0.15, 0.2) is 59.8 Å². The number of anilines is 1. The molecule has 9 heteroatoms. The fraction of sp³-hybridized carbons (Fsp3) is 0.176. The maximum atomic E-state index is 11.2. The number of thioether (sulfide) groups is 1. The molecule has 0 radical (unpaired) electrons. The molecule has 0 saturated heterocycles. The number of carboxylic acids is 1. The van der Waals surface area contributed by atoms with Crippen molar-refractivity contribution >= 4 is 23.4 Å². The topological polar surface area (TPSA) is 113 Å². The van der Waals surface area contributed by atoms with Gasteiger partial charge in [0.25, 0.3) is 0 Å². The normalized spacial score (nSPS) is 11.9. The van der Waals surface area contributed by atoms with Gasteiger partial charge in [0, 0.05) is 18.0 Å². The number of benzene rings is 2. The van der Waals surface area contributed by atoms with E-state index in [1.54, 1.807) is 22.9 Å². The lowest BCUT2D eigenvalue weighted by Gasteiger charge is -2.13. The monoisotopic (exact) mass is 371 g/mol. The summed E-state index contributed by atoms with van der Waals surface area (Å²) >= 11 is 1.32. The van der Waals surface area contributed by atoms with Crippen molar-refractivity contribution in [2.45, 2.75) is 11.3 Å². The van der Waals surface area contributed by atoms with Gasteiger partial charge >= 0.3 is 5.97 Å². The van der Waals surface area contributed by atoms with E-state index < -0.39 is 12.1 Å². The number of rotatable bonds is 8. The van der Waals surface area contributed by atoms with Gasteiger partial charge in [-0.25, -0.2) is 4.79 Å². The molecule has 8 nitrogen and oxygen atoms in total. The molecule has 1 aromatic heterocycles. The highest BCUT2D eigenvalue weighted by molar-refractivity contribution is 7.99. The zero-order valence-corrected chi connectivity index (χ0v) is 14.5. The van der Waals surface area contributed by atoms with Gasteiger partial charge < -0.3 is 15.5 Å². The zero-order valence-electron chi connectivity index (χ0n) is 13.7. The van der Waals surface area contributed by atoms with Crippen molar-refractivity contribution in [3.63, 3.8) is 0 Å². The minimum absolute atomic E-state index is 0.167. The van der Waals surface area contributed by atoms with Gasteiger partial charge in [-0.05, 0) is 34.7 Å². The van der Waals surface area contributed by atoms with Crippen molar-refractivity contribution < 1.29 is 15.0 Å². The Labute approximate surface area is 153 Å². The molecule has 134 valence electrons. The van der Waals surface area contributed by atoms with Crippen LogP contribution >= 0.6 is 11.8 Å². The highest BCUT2D eigenvalue weighted by atomic mass is 32.2. The quantitative estimate of drug-likeness (QED) is 0.515. The van der Waals surface area contributed by atoms with Crippen molar-refractivity contribution in [3.8, 4) is 5.69 Å². The Balaban J connectivity index is 1.57. The van der Waals surface area contributed by atoms with E-state index in [0.717, 1.165) is 5.69 Å². The zero-order chi connectivity index (χ0) is 18.4. The van der Waals surface area contributed by atoms with Crippen LogP contribution in [0.2, 0.25) is 0 Å². The summed E-state index contributed by atoms with van der Waals surface area (Å²) < 4.78 is 1.60. The van der Waals surface area contributed by atoms with E-state index in [1.165, 1.54) is 17.8 Å². The molecule has 0 aliphatic heterocycles. The Kier molecular flexibility index (Phi) is 5.82. The molecule has 0 bridgehead atoms. The SMILES string of the molecule is O=C(O)c1ccccc1NCC(O)CSc1nnnn1-c1ccccc1. The first kappa shape index (κ1) is 17.9. The van der Waals surface area contributed by atoms with Gasteiger partial charge in [0.1, 0.15) is 0 Å². The van der Waals surface area contributed by atoms with Crippen LogP contribution in [0.3, 0.4) is 0 Å². The van der Waals surface area contributed by atoms with Crippen molar-refractivity contribution in [1.29, 1.82) is 0 Å². The molecule has 3 N–H and O–H groups in total. The first-order chi connectivity index (χ1) is 12.6. The van der Waals surface area contributed by atoms with Crippen molar-refractivity contribution in [1.82, 2.24) is 20.2 Å². The molecule has 0 aliphatic carbocycles. The van der Waals surface area contributed by atoms with Crippen molar-refractivity contribution in [2.24, 2.45) is 0 Å². The van der Waals surface area contributed by atoms with E-state index in [0.29, 0.717) is 16.6 Å². The number of aliphatic hydroxyl groups excluding tert-OH is 1. The van der Waals surface area contributed by atoms with E-state index in [1.807, 2.05) is 30.3 Å². The third-order valence-electron chi connectivity index (χ3n) is 3.53. The van der Waals surface area contributed by atoms with E-state index in [-0.39, 0.29) is 12.1 Å². The van der Waals surface area contributed by atoms with Gasteiger partial charge in [0.05, 0.1) is 17.4 Å². The third-order valence-corrected chi connectivity index (χ3v) is 4.60. The summed E-state index contributed by atoms with van der Waals surface area (Å²) in [5.74, 6) is -0.658. The smallest absolute Gasteiger partial charge is 0.337 e. The summed E-state index contributed by atoms with van der Waals surface area (Å²) in [4.78, 5) is 11.2. The largest absolute Gasteiger partial charge is 0.478 e. The van der Waals surface area contributed by atoms with Crippen LogP contribution in [-0.2, 0) is 0 Å². The van der Waals surface area contributed by atoms with Crippen LogP contribution in [0.5, 0.6) is 0 Å². The number of hydrogen-bond donors (Lipinski definition) is 3. The molecule has 0 aliphatic rings. The lowest BCUT2D eigenvalue weighted by atomic mass is 10.2. The number of nitrogens with zero attached hydrogens (tertiary/aromatic N) is 4. The van der Waals surface area contributed by atoms with E-state index in [2.05, 4.69) is 20.8 Å².